The van der Waals surface area contributed by atoms with Crippen LogP contribution < -0.4 is 4.74 Å². The van der Waals surface area contributed by atoms with Gasteiger partial charge in [-0.3, -0.25) is 48.9 Å². The van der Waals surface area contributed by atoms with Crippen LogP contribution in [0.1, 0.15) is 25.7 Å². The van der Waals surface area contributed by atoms with Gasteiger partial charge < -0.3 is 25.0 Å². The van der Waals surface area contributed by atoms with Gasteiger partial charge >= 0.3 is 23.9 Å². The number of amides is 1. The second-order valence-electron chi connectivity index (χ2n) is 11.5. The molecule has 262 valence electrons. The van der Waals surface area contributed by atoms with Crippen molar-refractivity contribution in [2.24, 2.45) is 0 Å². The largest absolute Gasteiger partial charge is 0.480 e. The molecule has 1 saturated carbocycles. The van der Waals surface area contributed by atoms with Crippen LogP contribution in [-0.2, 0) is 24.0 Å². The Morgan fingerprint density at radius 3 is 1.47 bits per heavy atom. The molecule has 0 atom stereocenters. The van der Waals surface area contributed by atoms with Crippen molar-refractivity contribution in [2.45, 2.75) is 31.7 Å². The molecule has 0 bridgehead atoms. The molecule has 0 spiro atoms. The molecule has 0 aromatic heterocycles. The SMILES string of the molecule is O=C(O)CN1CCN(CC(=O)O)CCN(CC(=O)N(CC(=O)Oc2ccc([N+](=O)[O-])cc2)C2CCCC2)CCN(CC(=O)O)CC1.[Gd]. The summed E-state index contributed by atoms with van der Waals surface area (Å²) in [6.07, 6.45) is 3.20. The number of hydrogen-bond donors (Lipinski definition) is 3. The van der Waals surface area contributed by atoms with E-state index in [1.807, 2.05) is 4.90 Å². The van der Waals surface area contributed by atoms with E-state index in [1.54, 1.807) is 14.7 Å². The molecule has 18 heteroatoms. The number of rotatable bonds is 13. The minimum Gasteiger partial charge on any atom is -0.480 e. The van der Waals surface area contributed by atoms with Crippen molar-refractivity contribution < 1.29 is 88.9 Å². The summed E-state index contributed by atoms with van der Waals surface area (Å²) in [5.74, 6) is -4.07. The third-order valence-corrected chi connectivity index (χ3v) is 8.03. The second kappa shape index (κ2) is 20.5. The molecule has 17 nitrogen and oxygen atoms in total. The zero-order valence-electron chi connectivity index (χ0n) is 26.1. The number of benzene rings is 1. The monoisotopic (exact) mass is 808 g/mol. The fourth-order valence-electron chi connectivity index (χ4n) is 5.64. The number of aliphatic carboxylic acids is 3. The average Bonchev–Trinajstić information content (AvgIpc) is 3.51. The van der Waals surface area contributed by atoms with Crippen LogP contribution in [0.3, 0.4) is 0 Å². The molecular formula is C29H42GdN6O11. The predicted molar refractivity (Wildman–Crippen MR) is 161 cm³/mol. The fraction of sp³-hybridized carbons (Fsp3) is 0.621. The maximum absolute atomic E-state index is 13.8. The van der Waals surface area contributed by atoms with Gasteiger partial charge in [-0.15, -0.1) is 0 Å². The van der Waals surface area contributed by atoms with Gasteiger partial charge in [0.2, 0.25) is 5.91 Å². The van der Waals surface area contributed by atoms with Gasteiger partial charge in [-0.05, 0) is 25.0 Å². The molecule has 47 heavy (non-hydrogen) atoms. The van der Waals surface area contributed by atoms with E-state index < -0.39 is 28.8 Å². The van der Waals surface area contributed by atoms with E-state index in [0.29, 0.717) is 12.8 Å². The standard InChI is InChI=1S/C29H42N6O11.Gd/c36-25(34(22-3-1-2-4-22)21-29(43)46-24-7-5-23(6-8-24)35(44)45)17-30-9-11-31(18-26(37)38)13-15-33(20-28(41)42)16-14-32(12-10-30)19-27(39)40;/h5-8,22H,1-4,9-21H2,(H,37,38)(H,39,40)(H,41,42);. The summed E-state index contributed by atoms with van der Waals surface area (Å²) in [6.45, 7) is 0.798. The summed E-state index contributed by atoms with van der Waals surface area (Å²) < 4.78 is 5.37. The molecule has 2 aliphatic rings. The van der Waals surface area contributed by atoms with Gasteiger partial charge in [0.05, 0.1) is 31.1 Å². The Bertz CT molecular complexity index is 1200. The molecule has 0 unspecified atom stereocenters. The van der Waals surface area contributed by atoms with Crippen LogP contribution in [0.25, 0.3) is 0 Å². The number of esters is 1. The van der Waals surface area contributed by atoms with Crippen LogP contribution in [0.4, 0.5) is 5.69 Å². The van der Waals surface area contributed by atoms with E-state index in [-0.39, 0.29) is 148 Å². The second-order valence-corrected chi connectivity index (χ2v) is 11.5. The molecule has 1 aromatic carbocycles. The fourth-order valence-corrected chi connectivity index (χ4v) is 5.64. The number of carbonyl (C=O) groups excluding carboxylic acids is 2. The topological polar surface area (TPSA) is 215 Å². The summed E-state index contributed by atoms with van der Waals surface area (Å²) in [6, 6.07) is 4.85. The normalized spacial score (nSPS) is 17.9. The maximum atomic E-state index is 13.8. The van der Waals surface area contributed by atoms with E-state index in [1.165, 1.54) is 29.2 Å². The Labute approximate surface area is 304 Å². The van der Waals surface area contributed by atoms with Crippen LogP contribution in [0.5, 0.6) is 5.75 Å². The molecule has 1 heterocycles. The summed E-state index contributed by atoms with van der Waals surface area (Å²) in [7, 11) is 0. The van der Waals surface area contributed by atoms with E-state index in [2.05, 4.69) is 0 Å². The van der Waals surface area contributed by atoms with Gasteiger partial charge in [0.25, 0.3) is 5.69 Å². The third-order valence-electron chi connectivity index (χ3n) is 8.03. The van der Waals surface area contributed by atoms with E-state index in [0.717, 1.165) is 12.8 Å². The number of non-ortho nitro benzene ring substituents is 1. The Balaban J connectivity index is 0.00000768. The maximum Gasteiger partial charge on any atom is 0.331 e. The first kappa shape index (κ1) is 40.3. The zero-order chi connectivity index (χ0) is 33.6. The number of carboxylic acids is 3. The van der Waals surface area contributed by atoms with Gasteiger partial charge in [0.1, 0.15) is 12.3 Å². The molecule has 1 aliphatic heterocycles. The van der Waals surface area contributed by atoms with Gasteiger partial charge in [-0.1, -0.05) is 12.8 Å². The summed E-state index contributed by atoms with van der Waals surface area (Å²) in [5, 5.41) is 39.2. The average molecular weight is 808 g/mol. The number of ether oxygens (including phenoxy) is 1. The zero-order valence-corrected chi connectivity index (χ0v) is 28.3. The van der Waals surface area contributed by atoms with Crippen LogP contribution in [0.15, 0.2) is 24.3 Å². The summed E-state index contributed by atoms with van der Waals surface area (Å²) >= 11 is 0. The Kier molecular flexibility index (Phi) is 17.6. The van der Waals surface area contributed by atoms with Crippen molar-refractivity contribution in [1.29, 1.82) is 0 Å². The molecule has 2 fully saturated rings. The first-order valence-electron chi connectivity index (χ1n) is 15.2. The van der Waals surface area contributed by atoms with Crippen LogP contribution in [0, 0.1) is 50.1 Å². The van der Waals surface area contributed by atoms with Crippen molar-refractivity contribution in [3.63, 3.8) is 0 Å². The number of nitrogens with zero attached hydrogens (tertiary/aromatic N) is 6. The van der Waals surface area contributed by atoms with Crippen molar-refractivity contribution in [3.8, 4) is 5.75 Å². The molecule has 1 aromatic rings. The Morgan fingerprint density at radius 1 is 0.723 bits per heavy atom. The molecule has 1 saturated heterocycles. The summed E-state index contributed by atoms with van der Waals surface area (Å²) in [4.78, 5) is 79.8. The molecule has 3 rings (SSSR count). The van der Waals surface area contributed by atoms with Gasteiger partial charge in [0.15, 0.2) is 0 Å². The summed E-state index contributed by atoms with van der Waals surface area (Å²) in [5.41, 5.74) is -0.157. The van der Waals surface area contributed by atoms with E-state index in [9.17, 15) is 49.4 Å². The predicted octanol–water partition coefficient (Wildman–Crippen LogP) is -0.253. The Hall–Kier alpha value is -2.87. The van der Waals surface area contributed by atoms with Crippen molar-refractivity contribution >= 4 is 35.5 Å². The molecular weight excluding hydrogens is 766 g/mol. The van der Waals surface area contributed by atoms with Crippen LogP contribution in [-0.4, -0.2) is 166 Å². The quantitative estimate of drug-likeness (QED) is 0.101. The minimum atomic E-state index is -1.05. The number of carbonyl (C=O) groups is 5. The van der Waals surface area contributed by atoms with Crippen molar-refractivity contribution in [1.82, 2.24) is 24.5 Å². The number of nitro groups is 1. The molecule has 1 amide bonds. The number of carboxylic acid groups (broad SMARTS) is 3. The molecule has 3 N–H and O–H groups in total. The number of hydrogen-bond acceptors (Lipinski definition) is 12. The first-order valence-corrected chi connectivity index (χ1v) is 15.2. The van der Waals surface area contributed by atoms with Crippen LogP contribution in [0.2, 0.25) is 0 Å². The Morgan fingerprint density at radius 2 is 1.11 bits per heavy atom. The van der Waals surface area contributed by atoms with Gasteiger partial charge in [-0.2, -0.15) is 0 Å². The minimum absolute atomic E-state index is 0. The smallest absolute Gasteiger partial charge is 0.331 e. The molecule has 0 radical (unpaired) electrons. The number of nitro benzene ring substituents is 1. The van der Waals surface area contributed by atoms with E-state index >= 15 is 0 Å². The van der Waals surface area contributed by atoms with Crippen LogP contribution >= 0.6 is 0 Å². The van der Waals surface area contributed by atoms with Gasteiger partial charge in [-0.25, -0.2) is 4.79 Å². The first-order chi connectivity index (χ1) is 21.9. The van der Waals surface area contributed by atoms with Crippen molar-refractivity contribution in [2.75, 3.05) is 85.1 Å². The van der Waals surface area contributed by atoms with Gasteiger partial charge in [0, 0.05) is 110 Å². The third kappa shape index (κ3) is 14.8. The van der Waals surface area contributed by atoms with E-state index in [4.69, 9.17) is 4.74 Å². The van der Waals surface area contributed by atoms with Crippen molar-refractivity contribution in [3.05, 3.63) is 34.4 Å². The molecule has 1 aliphatic carbocycles.